The highest BCUT2D eigenvalue weighted by molar-refractivity contribution is 14.0. The Morgan fingerprint density at radius 2 is 1.95 bits per heavy atom. The molecule has 0 atom stereocenters. The van der Waals surface area contributed by atoms with Crippen LogP contribution in [0.2, 0.25) is 0 Å². The summed E-state index contributed by atoms with van der Waals surface area (Å²) in [6.07, 6.45) is 2.53. The number of hydrogen-bond acceptors (Lipinski definition) is 1. The van der Waals surface area contributed by atoms with Crippen molar-refractivity contribution in [1.82, 2.24) is 10.6 Å². The van der Waals surface area contributed by atoms with Gasteiger partial charge in [0.05, 0.1) is 0 Å². The summed E-state index contributed by atoms with van der Waals surface area (Å²) in [6.45, 7) is 7.42. The van der Waals surface area contributed by atoms with Crippen LogP contribution in [0.25, 0.3) is 0 Å². The number of halogens is 1. The summed E-state index contributed by atoms with van der Waals surface area (Å²) in [4.78, 5) is 4.27. The van der Waals surface area contributed by atoms with E-state index < -0.39 is 0 Å². The van der Waals surface area contributed by atoms with Crippen molar-refractivity contribution in [2.24, 2.45) is 4.99 Å². The zero-order chi connectivity index (χ0) is 13.9. The molecule has 0 spiro atoms. The summed E-state index contributed by atoms with van der Waals surface area (Å²) < 4.78 is 0. The zero-order valence-corrected chi connectivity index (χ0v) is 15.2. The number of rotatable bonds is 4. The Labute approximate surface area is 139 Å². The van der Waals surface area contributed by atoms with Gasteiger partial charge in [0.1, 0.15) is 0 Å². The summed E-state index contributed by atoms with van der Waals surface area (Å²) in [5.74, 6) is 0.898. The second-order valence-electron chi connectivity index (χ2n) is 5.82. The number of nitrogens with one attached hydrogen (secondary N) is 2. The Morgan fingerprint density at radius 1 is 1.30 bits per heavy atom. The summed E-state index contributed by atoms with van der Waals surface area (Å²) in [5, 5.41) is 6.80. The maximum Gasteiger partial charge on any atom is 0.191 e. The highest BCUT2D eigenvalue weighted by Crippen LogP contribution is 2.48. The van der Waals surface area contributed by atoms with Gasteiger partial charge in [0.2, 0.25) is 0 Å². The molecule has 1 aromatic rings. The molecule has 20 heavy (non-hydrogen) atoms. The zero-order valence-electron chi connectivity index (χ0n) is 12.9. The first-order chi connectivity index (χ1) is 9.07. The molecular weight excluding hydrogens is 361 g/mol. The number of guanidine groups is 1. The molecule has 0 aromatic heterocycles. The summed E-state index contributed by atoms with van der Waals surface area (Å²) >= 11 is 0. The molecule has 0 bridgehead atoms. The molecule has 1 saturated carbocycles. The predicted octanol–water partition coefficient (Wildman–Crippen LogP) is 3.22. The van der Waals surface area contributed by atoms with Gasteiger partial charge in [-0.15, -0.1) is 24.0 Å². The number of aliphatic imine (C=N–C) groups is 1. The lowest BCUT2D eigenvalue weighted by molar-refractivity contribution is 0.628. The van der Waals surface area contributed by atoms with Gasteiger partial charge in [-0.2, -0.15) is 0 Å². The molecule has 0 saturated heterocycles. The lowest BCUT2D eigenvalue weighted by Gasteiger charge is -2.21. The molecule has 4 heteroatoms. The largest absolute Gasteiger partial charge is 0.356 e. The van der Waals surface area contributed by atoms with E-state index in [0.29, 0.717) is 11.5 Å². The maximum atomic E-state index is 4.27. The molecule has 1 aromatic carbocycles. The first kappa shape index (κ1) is 17.3. The molecular formula is C16H26IN3. The van der Waals surface area contributed by atoms with Crippen molar-refractivity contribution in [3.63, 3.8) is 0 Å². The van der Waals surface area contributed by atoms with Gasteiger partial charge in [-0.25, -0.2) is 0 Å². The topological polar surface area (TPSA) is 36.4 Å². The van der Waals surface area contributed by atoms with Gasteiger partial charge in [0.15, 0.2) is 5.96 Å². The van der Waals surface area contributed by atoms with Crippen LogP contribution in [0.4, 0.5) is 0 Å². The summed E-state index contributed by atoms with van der Waals surface area (Å²) in [6, 6.07) is 9.13. The Bertz CT molecular complexity index is 465. The fraction of sp³-hybridized carbons (Fsp3) is 0.562. The van der Waals surface area contributed by atoms with E-state index in [0.717, 1.165) is 12.5 Å². The van der Waals surface area contributed by atoms with Crippen molar-refractivity contribution in [1.29, 1.82) is 0 Å². The molecule has 0 unspecified atom stereocenters. The molecule has 3 nitrogen and oxygen atoms in total. The van der Waals surface area contributed by atoms with Crippen LogP contribution in [-0.2, 0) is 5.41 Å². The Hall–Kier alpha value is -0.780. The van der Waals surface area contributed by atoms with Crippen LogP contribution in [-0.4, -0.2) is 25.6 Å². The fourth-order valence-corrected chi connectivity index (χ4v) is 2.58. The second kappa shape index (κ2) is 7.29. The maximum absolute atomic E-state index is 4.27. The molecule has 112 valence electrons. The Kier molecular flexibility index (Phi) is 6.30. The molecule has 0 radical (unpaired) electrons. The lowest BCUT2D eigenvalue weighted by Crippen LogP contribution is -2.44. The first-order valence-electron chi connectivity index (χ1n) is 7.11. The van der Waals surface area contributed by atoms with Gasteiger partial charge in [-0.3, -0.25) is 4.99 Å². The van der Waals surface area contributed by atoms with Crippen molar-refractivity contribution < 1.29 is 0 Å². The van der Waals surface area contributed by atoms with Crippen LogP contribution >= 0.6 is 24.0 Å². The SMILES string of the molecule is CN=C(NCC1(c2ccccc2C)CC1)NC(C)C.I. The minimum Gasteiger partial charge on any atom is -0.356 e. The lowest BCUT2D eigenvalue weighted by atomic mass is 9.92. The van der Waals surface area contributed by atoms with E-state index >= 15 is 0 Å². The van der Waals surface area contributed by atoms with E-state index in [-0.39, 0.29) is 24.0 Å². The standard InChI is InChI=1S/C16H25N3.HI/c1-12(2)19-15(17-4)18-11-16(9-10-16)14-8-6-5-7-13(14)3;/h5-8,12H,9-11H2,1-4H3,(H2,17,18,19);1H. The van der Waals surface area contributed by atoms with E-state index in [4.69, 9.17) is 0 Å². The number of hydrogen-bond donors (Lipinski definition) is 2. The summed E-state index contributed by atoms with van der Waals surface area (Å²) in [7, 11) is 1.82. The third-order valence-corrected chi connectivity index (χ3v) is 3.81. The third kappa shape index (κ3) is 4.11. The van der Waals surface area contributed by atoms with Crippen LogP contribution in [0.15, 0.2) is 29.3 Å². The first-order valence-corrected chi connectivity index (χ1v) is 7.11. The molecule has 1 aliphatic rings. The predicted molar refractivity (Wildman–Crippen MR) is 97.1 cm³/mol. The van der Waals surface area contributed by atoms with Gasteiger partial charge >= 0.3 is 0 Å². The molecule has 0 amide bonds. The van der Waals surface area contributed by atoms with Gasteiger partial charge < -0.3 is 10.6 Å². The smallest absolute Gasteiger partial charge is 0.191 e. The van der Waals surface area contributed by atoms with Gasteiger partial charge in [-0.1, -0.05) is 24.3 Å². The van der Waals surface area contributed by atoms with Crippen molar-refractivity contribution in [2.45, 2.75) is 45.1 Å². The fourth-order valence-electron chi connectivity index (χ4n) is 2.58. The quantitative estimate of drug-likeness (QED) is 0.473. The average molecular weight is 387 g/mol. The van der Waals surface area contributed by atoms with E-state index in [1.807, 2.05) is 7.05 Å². The number of nitrogens with zero attached hydrogens (tertiary/aromatic N) is 1. The van der Waals surface area contributed by atoms with Crippen LogP contribution in [0.3, 0.4) is 0 Å². The monoisotopic (exact) mass is 387 g/mol. The van der Waals surface area contributed by atoms with Crippen molar-refractivity contribution in [3.8, 4) is 0 Å². The minimum absolute atomic E-state index is 0. The Morgan fingerprint density at radius 3 is 2.45 bits per heavy atom. The van der Waals surface area contributed by atoms with Gasteiger partial charge in [0, 0.05) is 25.0 Å². The van der Waals surface area contributed by atoms with Crippen LogP contribution < -0.4 is 10.6 Å². The van der Waals surface area contributed by atoms with Crippen molar-refractivity contribution in [2.75, 3.05) is 13.6 Å². The van der Waals surface area contributed by atoms with Crippen molar-refractivity contribution >= 4 is 29.9 Å². The minimum atomic E-state index is 0. The van der Waals surface area contributed by atoms with Gasteiger partial charge in [0.25, 0.3) is 0 Å². The highest BCUT2D eigenvalue weighted by Gasteiger charge is 2.44. The van der Waals surface area contributed by atoms with Crippen molar-refractivity contribution in [3.05, 3.63) is 35.4 Å². The molecule has 0 heterocycles. The van der Waals surface area contributed by atoms with E-state index in [1.165, 1.54) is 24.0 Å². The third-order valence-electron chi connectivity index (χ3n) is 3.81. The van der Waals surface area contributed by atoms with E-state index in [1.54, 1.807) is 0 Å². The van der Waals surface area contributed by atoms with E-state index in [2.05, 4.69) is 60.7 Å². The van der Waals surface area contributed by atoms with E-state index in [9.17, 15) is 0 Å². The molecule has 1 fully saturated rings. The van der Waals surface area contributed by atoms with Gasteiger partial charge in [-0.05, 0) is 44.7 Å². The highest BCUT2D eigenvalue weighted by atomic mass is 127. The normalized spacial score (nSPS) is 16.6. The Balaban J connectivity index is 0.00000200. The second-order valence-corrected chi connectivity index (χ2v) is 5.82. The summed E-state index contributed by atoms with van der Waals surface area (Å²) in [5.41, 5.74) is 3.20. The number of benzene rings is 1. The molecule has 0 aliphatic heterocycles. The molecule has 2 N–H and O–H groups in total. The molecule has 1 aliphatic carbocycles. The van der Waals surface area contributed by atoms with Crippen LogP contribution in [0.5, 0.6) is 0 Å². The number of aryl methyl sites for hydroxylation is 1. The molecule has 2 rings (SSSR count). The van der Waals surface area contributed by atoms with Crippen LogP contribution in [0.1, 0.15) is 37.8 Å². The van der Waals surface area contributed by atoms with Crippen LogP contribution in [0, 0.1) is 6.92 Å². The average Bonchev–Trinajstić information content (AvgIpc) is 3.15.